The first kappa shape index (κ1) is 18.8. The summed E-state index contributed by atoms with van der Waals surface area (Å²) < 4.78 is 13.5. The molecule has 0 radical (unpaired) electrons. The van der Waals surface area contributed by atoms with E-state index in [1.54, 1.807) is 12.2 Å². The lowest BCUT2D eigenvalue weighted by molar-refractivity contribution is 0.624. The molecule has 1 heterocycles. The summed E-state index contributed by atoms with van der Waals surface area (Å²) in [5.41, 5.74) is 11.2. The molecule has 1 atom stereocenters. The van der Waals surface area contributed by atoms with Gasteiger partial charge < -0.3 is 11.5 Å². The third kappa shape index (κ3) is 5.55. The van der Waals surface area contributed by atoms with Crippen molar-refractivity contribution in [1.29, 1.82) is 0 Å². The number of rotatable bonds is 3. The van der Waals surface area contributed by atoms with Crippen LogP contribution in [0.3, 0.4) is 0 Å². The summed E-state index contributed by atoms with van der Waals surface area (Å²) in [6.07, 6.45) is 5.38. The van der Waals surface area contributed by atoms with Crippen LogP contribution in [0.4, 0.5) is 10.2 Å². The number of hydrogen-bond donors (Lipinski definition) is 2. The lowest BCUT2D eigenvalue weighted by Crippen LogP contribution is -2.12. The fourth-order valence-electron chi connectivity index (χ4n) is 1.02. The minimum Gasteiger partial charge on any atom is -0.382 e. The number of hydrogen-bond acceptors (Lipinski definition) is 3. The minimum atomic E-state index is -0.551. The molecule has 0 aliphatic heterocycles. The van der Waals surface area contributed by atoms with Crippen molar-refractivity contribution < 1.29 is 4.39 Å². The zero-order valence-corrected chi connectivity index (χ0v) is 11.6. The average molecular weight is 303 g/mol. The lowest BCUT2D eigenvalue weighted by Gasteiger charge is -2.02. The SMILES string of the molecule is C[C@H](N)C/C=C/c1cnc(N)c(Cl)c1F.Cl.Cl. The first-order chi connectivity index (χ1) is 7.02. The van der Waals surface area contributed by atoms with Crippen LogP contribution in [0.5, 0.6) is 0 Å². The summed E-state index contributed by atoms with van der Waals surface area (Å²) in [6, 6.07) is 0.0431. The summed E-state index contributed by atoms with van der Waals surface area (Å²) in [5.74, 6) is -0.552. The van der Waals surface area contributed by atoms with E-state index in [1.165, 1.54) is 6.20 Å². The largest absolute Gasteiger partial charge is 0.382 e. The molecule has 4 N–H and O–H groups in total. The number of pyridine rings is 1. The van der Waals surface area contributed by atoms with Crippen LogP contribution >= 0.6 is 36.4 Å². The van der Waals surface area contributed by atoms with E-state index >= 15 is 0 Å². The van der Waals surface area contributed by atoms with Crippen LogP contribution in [0.2, 0.25) is 5.02 Å². The second kappa shape index (κ2) is 8.53. The van der Waals surface area contributed by atoms with Gasteiger partial charge in [0.15, 0.2) is 5.82 Å². The summed E-state index contributed by atoms with van der Waals surface area (Å²) in [6.45, 7) is 1.87. The van der Waals surface area contributed by atoms with Gasteiger partial charge in [-0.3, -0.25) is 0 Å². The molecule has 0 amide bonds. The van der Waals surface area contributed by atoms with Gasteiger partial charge in [0.05, 0.1) is 0 Å². The van der Waals surface area contributed by atoms with Crippen molar-refractivity contribution in [2.75, 3.05) is 5.73 Å². The average Bonchev–Trinajstić information content (AvgIpc) is 2.18. The molecule has 0 saturated heterocycles. The van der Waals surface area contributed by atoms with Crippen molar-refractivity contribution in [1.82, 2.24) is 4.98 Å². The van der Waals surface area contributed by atoms with Crippen molar-refractivity contribution in [3.05, 3.63) is 28.7 Å². The number of anilines is 1. The molecule has 1 rings (SSSR count). The van der Waals surface area contributed by atoms with Crippen molar-refractivity contribution >= 4 is 48.3 Å². The molecule has 0 fully saturated rings. The van der Waals surface area contributed by atoms with Gasteiger partial charge in [0.25, 0.3) is 0 Å². The molecule has 0 aliphatic carbocycles. The zero-order chi connectivity index (χ0) is 11.4. The Labute approximate surface area is 117 Å². The molecule has 0 saturated carbocycles. The number of nitrogens with zero attached hydrogens (tertiary/aromatic N) is 1. The third-order valence-corrected chi connectivity index (χ3v) is 2.18. The lowest BCUT2D eigenvalue weighted by atomic mass is 10.2. The quantitative estimate of drug-likeness (QED) is 0.902. The van der Waals surface area contributed by atoms with Crippen LogP contribution in [-0.4, -0.2) is 11.0 Å². The second-order valence-corrected chi connectivity index (χ2v) is 3.72. The van der Waals surface area contributed by atoms with Gasteiger partial charge in [0.2, 0.25) is 0 Å². The normalized spacial score (nSPS) is 11.8. The topological polar surface area (TPSA) is 64.9 Å². The summed E-state index contributed by atoms with van der Waals surface area (Å²) in [5, 5.41) is -0.141. The molecular weight excluding hydrogens is 287 g/mol. The Hall–Kier alpha value is -0.550. The van der Waals surface area contributed by atoms with Gasteiger partial charge in [-0.15, -0.1) is 24.8 Å². The van der Waals surface area contributed by atoms with Gasteiger partial charge in [0, 0.05) is 17.8 Å². The van der Waals surface area contributed by atoms with Crippen molar-refractivity contribution in [2.45, 2.75) is 19.4 Å². The van der Waals surface area contributed by atoms with E-state index in [1.807, 2.05) is 6.92 Å². The van der Waals surface area contributed by atoms with E-state index in [-0.39, 0.29) is 41.7 Å². The number of aromatic nitrogens is 1. The van der Waals surface area contributed by atoms with E-state index < -0.39 is 5.82 Å². The van der Waals surface area contributed by atoms with Gasteiger partial charge in [-0.05, 0) is 13.3 Å². The maximum Gasteiger partial charge on any atom is 0.154 e. The van der Waals surface area contributed by atoms with Crippen LogP contribution in [-0.2, 0) is 0 Å². The van der Waals surface area contributed by atoms with Crippen LogP contribution in [0.15, 0.2) is 12.3 Å². The Morgan fingerprint density at radius 2 is 2.12 bits per heavy atom. The maximum atomic E-state index is 13.5. The van der Waals surface area contributed by atoms with Gasteiger partial charge in [-0.1, -0.05) is 23.8 Å². The first-order valence-corrected chi connectivity index (χ1v) is 4.91. The first-order valence-electron chi connectivity index (χ1n) is 4.54. The molecule has 0 unspecified atom stereocenters. The molecule has 0 spiro atoms. The second-order valence-electron chi connectivity index (χ2n) is 3.34. The molecular formula is C10H15Cl3FN3. The molecule has 98 valence electrons. The highest BCUT2D eigenvalue weighted by Crippen LogP contribution is 2.23. The minimum absolute atomic E-state index is 0. The van der Waals surface area contributed by atoms with Crippen LogP contribution < -0.4 is 11.5 Å². The summed E-state index contributed by atoms with van der Waals surface area (Å²) in [4.78, 5) is 3.76. The Kier molecular flexibility index (Phi) is 9.43. The fourth-order valence-corrected chi connectivity index (χ4v) is 1.18. The van der Waals surface area contributed by atoms with Crippen LogP contribution in [0.1, 0.15) is 18.9 Å². The molecule has 0 aromatic carbocycles. The Balaban J connectivity index is 0. The van der Waals surface area contributed by atoms with Gasteiger partial charge >= 0.3 is 0 Å². The zero-order valence-electron chi connectivity index (χ0n) is 9.19. The standard InChI is InChI=1S/C10H13ClFN3.2ClH/c1-6(13)3-2-4-7-5-15-10(14)8(11)9(7)12;;/h2,4-6H,3,13H2,1H3,(H2,14,15);2*1H/b4-2+;;/t6-;;/m0../s1. The van der Waals surface area contributed by atoms with E-state index in [4.69, 9.17) is 23.1 Å². The van der Waals surface area contributed by atoms with Gasteiger partial charge in [0.1, 0.15) is 10.8 Å². The molecule has 17 heavy (non-hydrogen) atoms. The predicted octanol–water partition coefficient (Wildman–Crippen LogP) is 3.05. The van der Waals surface area contributed by atoms with E-state index in [2.05, 4.69) is 4.98 Å². The highest BCUT2D eigenvalue weighted by molar-refractivity contribution is 6.33. The van der Waals surface area contributed by atoms with Crippen molar-refractivity contribution in [3.63, 3.8) is 0 Å². The summed E-state index contributed by atoms with van der Waals surface area (Å²) in [7, 11) is 0. The Morgan fingerprint density at radius 1 is 1.53 bits per heavy atom. The van der Waals surface area contributed by atoms with Crippen LogP contribution in [0.25, 0.3) is 6.08 Å². The van der Waals surface area contributed by atoms with E-state index in [9.17, 15) is 4.39 Å². The summed E-state index contributed by atoms with van der Waals surface area (Å²) >= 11 is 5.60. The van der Waals surface area contributed by atoms with Crippen LogP contribution in [0, 0.1) is 5.82 Å². The molecule has 3 nitrogen and oxygen atoms in total. The number of nitrogen functional groups attached to an aromatic ring is 1. The highest BCUT2D eigenvalue weighted by Gasteiger charge is 2.08. The highest BCUT2D eigenvalue weighted by atomic mass is 35.5. The molecule has 1 aromatic rings. The van der Waals surface area contributed by atoms with E-state index in [0.717, 1.165) is 0 Å². The number of halogens is 4. The fraction of sp³-hybridized carbons (Fsp3) is 0.300. The molecule has 0 bridgehead atoms. The predicted molar refractivity (Wildman–Crippen MR) is 75.4 cm³/mol. The Bertz CT molecular complexity index is 383. The monoisotopic (exact) mass is 301 g/mol. The van der Waals surface area contributed by atoms with E-state index in [0.29, 0.717) is 12.0 Å². The Morgan fingerprint density at radius 3 is 2.65 bits per heavy atom. The van der Waals surface area contributed by atoms with Crippen molar-refractivity contribution in [2.24, 2.45) is 5.73 Å². The van der Waals surface area contributed by atoms with Gasteiger partial charge in [-0.2, -0.15) is 0 Å². The molecule has 7 heteroatoms. The molecule has 0 aliphatic rings. The van der Waals surface area contributed by atoms with Gasteiger partial charge in [-0.25, -0.2) is 9.37 Å². The molecule has 1 aromatic heterocycles. The third-order valence-electron chi connectivity index (χ3n) is 1.82. The van der Waals surface area contributed by atoms with Crippen molar-refractivity contribution in [3.8, 4) is 0 Å². The smallest absolute Gasteiger partial charge is 0.154 e. The number of nitrogens with two attached hydrogens (primary N) is 2. The maximum absolute atomic E-state index is 13.5.